The van der Waals surface area contributed by atoms with Crippen LogP contribution in [0.1, 0.15) is 24.5 Å². The van der Waals surface area contributed by atoms with Crippen LogP contribution in [0.5, 0.6) is 0 Å². The highest BCUT2D eigenvalue weighted by Gasteiger charge is 2.28. The van der Waals surface area contributed by atoms with Crippen LogP contribution in [0.3, 0.4) is 0 Å². The summed E-state index contributed by atoms with van der Waals surface area (Å²) < 4.78 is 0. The van der Waals surface area contributed by atoms with Crippen molar-refractivity contribution in [2.75, 3.05) is 11.9 Å². The minimum atomic E-state index is -0.259. The van der Waals surface area contributed by atoms with Crippen molar-refractivity contribution in [1.82, 2.24) is 0 Å². The summed E-state index contributed by atoms with van der Waals surface area (Å²) >= 11 is 12.6. The lowest BCUT2D eigenvalue weighted by Crippen LogP contribution is -2.28. The molecule has 25 heavy (non-hydrogen) atoms. The number of anilines is 1. The number of hydrogen-bond donors (Lipinski definition) is 1. The van der Waals surface area contributed by atoms with Gasteiger partial charge in [-0.25, -0.2) is 4.99 Å². The van der Waals surface area contributed by atoms with Crippen LogP contribution < -0.4 is 10.6 Å². The molecular weight excluding hydrogens is 357 g/mol. The van der Waals surface area contributed by atoms with Crippen LogP contribution in [-0.2, 0) is 4.79 Å². The number of aliphatic imine (C=N–C) groups is 1. The lowest BCUT2D eigenvalue weighted by Gasteiger charge is -2.18. The van der Waals surface area contributed by atoms with Crippen LogP contribution >= 0.6 is 23.2 Å². The van der Waals surface area contributed by atoms with Crippen LogP contribution in [0, 0.1) is 0 Å². The van der Waals surface area contributed by atoms with Crippen molar-refractivity contribution in [3.05, 3.63) is 75.0 Å². The van der Waals surface area contributed by atoms with Gasteiger partial charge in [0.05, 0.1) is 11.4 Å². The highest BCUT2D eigenvalue weighted by molar-refractivity contribution is 6.37. The summed E-state index contributed by atoms with van der Waals surface area (Å²) in [5, 5.41) is 1.09. The van der Waals surface area contributed by atoms with Gasteiger partial charge in [0.15, 0.2) is 0 Å². The predicted octanol–water partition coefficient (Wildman–Crippen LogP) is 4.39. The van der Waals surface area contributed by atoms with E-state index in [0.717, 1.165) is 11.1 Å². The van der Waals surface area contributed by atoms with E-state index in [1.54, 1.807) is 31.3 Å². The summed E-state index contributed by atoms with van der Waals surface area (Å²) in [6.45, 7) is 1.88. The average Bonchev–Trinajstić information content (AvgIpc) is 2.71. The van der Waals surface area contributed by atoms with Gasteiger partial charge in [0, 0.05) is 33.9 Å². The first kappa shape index (κ1) is 17.5. The molecule has 2 N–H and O–H groups in total. The van der Waals surface area contributed by atoms with Crippen molar-refractivity contribution in [3.8, 4) is 0 Å². The molecule has 3 rings (SSSR count). The van der Waals surface area contributed by atoms with Gasteiger partial charge >= 0.3 is 0 Å². The number of halogens is 2. The van der Waals surface area contributed by atoms with Crippen LogP contribution in [0.25, 0.3) is 0 Å². The molecule has 2 aromatic rings. The fraction of sp³-hybridized carbons (Fsp3) is 0.158. The molecule has 0 saturated carbocycles. The highest BCUT2D eigenvalue weighted by Crippen LogP contribution is 2.33. The third kappa shape index (κ3) is 3.15. The molecule has 6 heteroatoms. The summed E-state index contributed by atoms with van der Waals surface area (Å²) in [5.74, 6) is -0.259. The molecule has 128 valence electrons. The molecule has 0 radical (unpaired) electrons. The topological polar surface area (TPSA) is 58.7 Å². The maximum Gasteiger partial charge on any atom is 0.278 e. The number of nitrogens with zero attached hydrogens (tertiary/aromatic N) is 2. The molecular formula is C19H17Cl2N3O. The van der Waals surface area contributed by atoms with Gasteiger partial charge in [0.2, 0.25) is 0 Å². The number of rotatable bonds is 2. The molecule has 2 aromatic carbocycles. The van der Waals surface area contributed by atoms with Gasteiger partial charge in [-0.1, -0.05) is 48.3 Å². The first-order chi connectivity index (χ1) is 11.9. The van der Waals surface area contributed by atoms with Gasteiger partial charge in [0.1, 0.15) is 5.70 Å². The molecule has 1 amide bonds. The van der Waals surface area contributed by atoms with E-state index >= 15 is 0 Å². The molecule has 0 aromatic heterocycles. The fourth-order valence-corrected chi connectivity index (χ4v) is 3.11. The lowest BCUT2D eigenvalue weighted by molar-refractivity contribution is -0.114. The highest BCUT2D eigenvalue weighted by atomic mass is 35.5. The van der Waals surface area contributed by atoms with Crippen molar-refractivity contribution >= 4 is 40.5 Å². The van der Waals surface area contributed by atoms with Gasteiger partial charge in [-0.2, -0.15) is 0 Å². The number of likely N-dealkylation sites (N-methyl/N-ethyl adjacent to an activating group) is 1. The Morgan fingerprint density at radius 2 is 1.88 bits per heavy atom. The Hall–Kier alpha value is -2.30. The first-order valence-electron chi connectivity index (χ1n) is 7.84. The Labute approximate surface area is 156 Å². The zero-order chi connectivity index (χ0) is 18.1. The zero-order valence-electron chi connectivity index (χ0n) is 13.9. The van der Waals surface area contributed by atoms with Gasteiger partial charge in [-0.15, -0.1) is 0 Å². The summed E-state index contributed by atoms with van der Waals surface area (Å²) in [5.41, 5.74) is 9.47. The molecule has 1 aliphatic heterocycles. The third-order valence-electron chi connectivity index (χ3n) is 4.12. The monoisotopic (exact) mass is 373 g/mol. The van der Waals surface area contributed by atoms with E-state index in [-0.39, 0.29) is 11.6 Å². The quantitative estimate of drug-likeness (QED) is 0.793. The molecule has 0 unspecified atom stereocenters. The second-order valence-electron chi connectivity index (χ2n) is 5.69. The van der Waals surface area contributed by atoms with Crippen molar-refractivity contribution in [2.24, 2.45) is 10.7 Å². The fourth-order valence-electron chi connectivity index (χ4n) is 2.71. The van der Waals surface area contributed by atoms with Crippen LogP contribution in [0.4, 0.5) is 5.69 Å². The van der Waals surface area contributed by atoms with Crippen molar-refractivity contribution < 1.29 is 4.79 Å². The second-order valence-corrected chi connectivity index (χ2v) is 6.54. The number of carbonyl (C=O) groups is 1. The normalized spacial score (nSPS) is 16.2. The van der Waals surface area contributed by atoms with E-state index in [0.29, 0.717) is 33.6 Å². The van der Waals surface area contributed by atoms with Crippen molar-refractivity contribution in [2.45, 2.75) is 13.3 Å². The van der Waals surface area contributed by atoms with Crippen LogP contribution in [0.15, 0.2) is 58.9 Å². The van der Waals surface area contributed by atoms with E-state index in [1.807, 2.05) is 25.1 Å². The van der Waals surface area contributed by atoms with Gasteiger partial charge < -0.3 is 10.6 Å². The number of hydrogen-bond acceptors (Lipinski definition) is 3. The third-order valence-corrected chi connectivity index (χ3v) is 4.68. The number of nitrogens with two attached hydrogens (primary N) is 1. The van der Waals surface area contributed by atoms with E-state index < -0.39 is 0 Å². The molecule has 0 fully saturated rings. The maximum atomic E-state index is 12.9. The smallest absolute Gasteiger partial charge is 0.278 e. The summed E-state index contributed by atoms with van der Waals surface area (Å²) in [7, 11) is 1.70. The van der Waals surface area contributed by atoms with E-state index in [2.05, 4.69) is 4.99 Å². The maximum absolute atomic E-state index is 12.9. The standard InChI is InChI=1S/C19H17Cl2N3O/c1-3-15(22)18-19(25)24(2)16-9-8-11(20)10-13(16)17(23-18)12-6-4-5-7-14(12)21/h4-10H,3,22H2,1-2H3. The van der Waals surface area contributed by atoms with E-state index in [9.17, 15) is 4.79 Å². The number of fused-ring (bicyclic) bond motifs is 1. The van der Waals surface area contributed by atoms with Crippen LogP contribution in [-0.4, -0.2) is 18.7 Å². The minimum Gasteiger partial charge on any atom is -0.400 e. The zero-order valence-corrected chi connectivity index (χ0v) is 15.4. The summed E-state index contributed by atoms with van der Waals surface area (Å²) in [6, 6.07) is 12.7. The van der Waals surface area contributed by atoms with Gasteiger partial charge in [-0.05, 0) is 30.7 Å². The first-order valence-corrected chi connectivity index (χ1v) is 8.59. The Morgan fingerprint density at radius 1 is 1.16 bits per heavy atom. The number of carbonyl (C=O) groups excluding carboxylic acids is 1. The van der Waals surface area contributed by atoms with Crippen molar-refractivity contribution in [3.63, 3.8) is 0 Å². The molecule has 0 saturated heterocycles. The number of allylic oxidation sites excluding steroid dienone is 1. The van der Waals surface area contributed by atoms with Gasteiger partial charge in [-0.3, -0.25) is 4.79 Å². The Bertz CT molecular complexity index is 919. The van der Waals surface area contributed by atoms with Gasteiger partial charge in [0.25, 0.3) is 5.91 Å². The minimum absolute atomic E-state index is 0.229. The Kier molecular flexibility index (Phi) is 4.84. The van der Waals surface area contributed by atoms with Crippen LogP contribution in [0.2, 0.25) is 10.0 Å². The van der Waals surface area contributed by atoms with E-state index in [1.165, 1.54) is 4.90 Å². The average molecular weight is 374 g/mol. The molecule has 0 spiro atoms. The predicted molar refractivity (Wildman–Crippen MR) is 103 cm³/mol. The lowest BCUT2D eigenvalue weighted by atomic mass is 10.00. The number of amides is 1. The summed E-state index contributed by atoms with van der Waals surface area (Å²) in [6.07, 6.45) is 0.519. The SMILES string of the molecule is CCC(N)=C1N=C(c2ccccc2Cl)c2cc(Cl)ccc2N(C)C1=O. The second kappa shape index (κ2) is 6.90. The molecule has 0 atom stereocenters. The summed E-state index contributed by atoms with van der Waals surface area (Å²) in [4.78, 5) is 19.0. The molecule has 4 nitrogen and oxygen atoms in total. The molecule has 1 heterocycles. The van der Waals surface area contributed by atoms with E-state index in [4.69, 9.17) is 28.9 Å². The van der Waals surface area contributed by atoms with Crippen molar-refractivity contribution in [1.29, 1.82) is 0 Å². The Morgan fingerprint density at radius 3 is 2.56 bits per heavy atom. The Balaban J connectivity index is 2.39. The number of benzodiazepines with no additional fused rings is 1. The number of benzene rings is 2. The molecule has 0 bridgehead atoms. The molecule has 1 aliphatic rings. The molecule has 0 aliphatic carbocycles. The largest absolute Gasteiger partial charge is 0.400 e.